The van der Waals surface area contributed by atoms with Gasteiger partial charge in [0.1, 0.15) is 18.2 Å². The van der Waals surface area contributed by atoms with Crippen LogP contribution >= 0.6 is 0 Å². The molecule has 0 fully saturated rings. The van der Waals surface area contributed by atoms with Gasteiger partial charge in [-0.2, -0.15) is 18.4 Å². The Balaban J connectivity index is 2.74. The Labute approximate surface area is 135 Å². The van der Waals surface area contributed by atoms with Gasteiger partial charge in [0.05, 0.1) is 12.2 Å². The molecule has 0 aliphatic carbocycles. The van der Waals surface area contributed by atoms with E-state index in [1.165, 1.54) is 6.07 Å². The topological polar surface area (TPSA) is 91.2 Å². The first-order valence-corrected chi connectivity index (χ1v) is 6.75. The van der Waals surface area contributed by atoms with E-state index >= 15 is 0 Å². The molecule has 1 aromatic rings. The number of esters is 1. The maximum absolute atomic E-state index is 12.6. The third-order valence-corrected chi connectivity index (χ3v) is 2.61. The molecule has 0 heterocycles. The lowest BCUT2D eigenvalue weighted by Crippen LogP contribution is -2.22. The minimum atomic E-state index is -4.55. The predicted octanol–water partition coefficient (Wildman–Crippen LogP) is 2.20. The fraction of sp³-hybridized carbons (Fsp3) is 0.267. The van der Waals surface area contributed by atoms with Crippen LogP contribution in [-0.4, -0.2) is 25.0 Å². The van der Waals surface area contributed by atoms with Crippen molar-refractivity contribution < 1.29 is 27.5 Å². The second-order valence-corrected chi connectivity index (χ2v) is 4.39. The van der Waals surface area contributed by atoms with Crippen molar-refractivity contribution in [2.45, 2.75) is 13.1 Å². The van der Waals surface area contributed by atoms with Gasteiger partial charge in [-0.25, -0.2) is 0 Å². The Morgan fingerprint density at radius 3 is 2.67 bits per heavy atom. The standard InChI is InChI=1S/C15H14F3N3O3/c1-2-24-13(22)9-20-8-10(7-19)14(23)21-12-5-3-4-11(6-12)15(16,17)18/h3-6,8,20H,2,9H2,1H3,(H,21,23)/b10-8-. The molecule has 1 aromatic carbocycles. The minimum absolute atomic E-state index is 0.110. The molecule has 1 amide bonds. The number of carbonyl (C=O) groups excluding carboxylic acids is 2. The molecule has 128 valence electrons. The average Bonchev–Trinajstić information content (AvgIpc) is 2.51. The fourth-order valence-electron chi connectivity index (χ4n) is 1.57. The number of hydrogen-bond donors (Lipinski definition) is 2. The van der Waals surface area contributed by atoms with E-state index in [9.17, 15) is 22.8 Å². The molecule has 0 bridgehead atoms. The summed E-state index contributed by atoms with van der Waals surface area (Å²) < 4.78 is 42.5. The van der Waals surface area contributed by atoms with Gasteiger partial charge in [0.2, 0.25) is 0 Å². The summed E-state index contributed by atoms with van der Waals surface area (Å²) in [5.74, 6) is -1.49. The van der Waals surface area contributed by atoms with Crippen molar-refractivity contribution in [2.75, 3.05) is 18.5 Å². The number of hydrogen-bond acceptors (Lipinski definition) is 5. The molecule has 0 saturated heterocycles. The number of rotatable bonds is 6. The fourth-order valence-corrected chi connectivity index (χ4v) is 1.57. The van der Waals surface area contributed by atoms with Crippen LogP contribution in [0.2, 0.25) is 0 Å². The normalized spacial score (nSPS) is 11.4. The Kier molecular flexibility index (Phi) is 6.79. The van der Waals surface area contributed by atoms with Gasteiger partial charge in [0.15, 0.2) is 0 Å². The Morgan fingerprint density at radius 1 is 1.38 bits per heavy atom. The quantitative estimate of drug-likeness (QED) is 0.470. The molecule has 0 aliphatic heterocycles. The number of halogens is 3. The number of ether oxygens (including phenoxy) is 1. The van der Waals surface area contributed by atoms with Gasteiger partial charge in [-0.3, -0.25) is 9.59 Å². The van der Waals surface area contributed by atoms with E-state index in [0.29, 0.717) is 0 Å². The predicted molar refractivity (Wildman–Crippen MR) is 78.4 cm³/mol. The van der Waals surface area contributed by atoms with Gasteiger partial charge in [-0.1, -0.05) is 6.07 Å². The highest BCUT2D eigenvalue weighted by atomic mass is 19.4. The molecule has 0 aromatic heterocycles. The number of nitriles is 1. The van der Waals surface area contributed by atoms with Crippen LogP contribution in [0.4, 0.5) is 18.9 Å². The van der Waals surface area contributed by atoms with Crippen molar-refractivity contribution in [3.8, 4) is 6.07 Å². The smallest absolute Gasteiger partial charge is 0.416 e. The van der Waals surface area contributed by atoms with Crippen LogP contribution in [0, 0.1) is 11.3 Å². The summed E-state index contributed by atoms with van der Waals surface area (Å²) in [5, 5.41) is 13.5. The van der Waals surface area contributed by atoms with Crippen LogP contribution in [-0.2, 0) is 20.5 Å². The van der Waals surface area contributed by atoms with Crippen molar-refractivity contribution in [2.24, 2.45) is 0 Å². The van der Waals surface area contributed by atoms with Gasteiger partial charge < -0.3 is 15.4 Å². The molecule has 0 aliphatic rings. The second kappa shape index (κ2) is 8.57. The zero-order valence-electron chi connectivity index (χ0n) is 12.6. The molecule has 0 radical (unpaired) electrons. The summed E-state index contributed by atoms with van der Waals surface area (Å²) in [7, 11) is 0. The van der Waals surface area contributed by atoms with Gasteiger partial charge in [0.25, 0.3) is 5.91 Å². The molecular weight excluding hydrogens is 327 g/mol. The van der Waals surface area contributed by atoms with Gasteiger partial charge in [-0.05, 0) is 25.1 Å². The third-order valence-electron chi connectivity index (χ3n) is 2.61. The number of benzene rings is 1. The zero-order valence-corrected chi connectivity index (χ0v) is 12.6. The van der Waals surface area contributed by atoms with Crippen LogP contribution in [0.5, 0.6) is 0 Å². The van der Waals surface area contributed by atoms with Crippen molar-refractivity contribution >= 4 is 17.6 Å². The van der Waals surface area contributed by atoms with Gasteiger partial charge in [-0.15, -0.1) is 0 Å². The molecule has 1 rings (SSSR count). The van der Waals surface area contributed by atoms with Crippen molar-refractivity contribution in [1.29, 1.82) is 5.26 Å². The first kappa shape index (κ1) is 19.0. The number of alkyl halides is 3. The summed E-state index contributed by atoms with van der Waals surface area (Å²) in [6, 6.07) is 5.58. The van der Waals surface area contributed by atoms with E-state index in [1.54, 1.807) is 13.0 Å². The van der Waals surface area contributed by atoms with E-state index in [4.69, 9.17) is 5.26 Å². The number of amides is 1. The van der Waals surface area contributed by atoms with Crippen LogP contribution in [0.3, 0.4) is 0 Å². The number of nitrogens with zero attached hydrogens (tertiary/aromatic N) is 1. The van der Waals surface area contributed by atoms with Crippen molar-refractivity contribution in [3.05, 3.63) is 41.6 Å². The highest BCUT2D eigenvalue weighted by Gasteiger charge is 2.30. The first-order valence-electron chi connectivity index (χ1n) is 6.75. The van der Waals surface area contributed by atoms with Crippen molar-refractivity contribution in [1.82, 2.24) is 5.32 Å². The number of carbonyl (C=O) groups is 2. The van der Waals surface area contributed by atoms with Crippen molar-refractivity contribution in [3.63, 3.8) is 0 Å². The average molecular weight is 341 g/mol. The summed E-state index contributed by atoms with van der Waals surface area (Å²) >= 11 is 0. The zero-order chi connectivity index (χ0) is 18.2. The molecular formula is C15H14F3N3O3. The Bertz CT molecular complexity index is 679. The van der Waals surface area contributed by atoms with E-state index in [0.717, 1.165) is 24.4 Å². The Morgan fingerprint density at radius 2 is 2.08 bits per heavy atom. The lowest BCUT2D eigenvalue weighted by molar-refractivity contribution is -0.142. The molecule has 0 unspecified atom stereocenters. The maximum Gasteiger partial charge on any atom is 0.416 e. The lowest BCUT2D eigenvalue weighted by Gasteiger charge is -2.09. The number of nitrogens with one attached hydrogen (secondary N) is 2. The molecule has 24 heavy (non-hydrogen) atoms. The molecule has 0 saturated carbocycles. The summed E-state index contributed by atoms with van der Waals surface area (Å²) in [5.41, 5.74) is -1.44. The molecule has 2 N–H and O–H groups in total. The molecule has 0 atom stereocenters. The largest absolute Gasteiger partial charge is 0.465 e. The van der Waals surface area contributed by atoms with E-state index < -0.39 is 29.2 Å². The number of anilines is 1. The van der Waals surface area contributed by atoms with Gasteiger partial charge in [0, 0.05) is 11.9 Å². The van der Waals surface area contributed by atoms with E-state index in [-0.39, 0.29) is 18.8 Å². The Hall–Kier alpha value is -3.02. The highest BCUT2D eigenvalue weighted by Crippen LogP contribution is 2.30. The molecule has 9 heteroatoms. The second-order valence-electron chi connectivity index (χ2n) is 4.39. The van der Waals surface area contributed by atoms with Gasteiger partial charge >= 0.3 is 12.1 Å². The maximum atomic E-state index is 12.6. The minimum Gasteiger partial charge on any atom is -0.465 e. The van der Waals surface area contributed by atoms with Crippen LogP contribution in [0.25, 0.3) is 0 Å². The molecule has 6 nitrogen and oxygen atoms in total. The molecule has 0 spiro atoms. The van der Waals surface area contributed by atoms with Crippen LogP contribution in [0.15, 0.2) is 36.0 Å². The summed E-state index contributed by atoms with van der Waals surface area (Å²) in [6.07, 6.45) is -3.56. The van der Waals surface area contributed by atoms with E-state index in [2.05, 4.69) is 15.4 Å². The first-order chi connectivity index (χ1) is 11.3. The highest BCUT2D eigenvalue weighted by molar-refractivity contribution is 6.06. The summed E-state index contributed by atoms with van der Waals surface area (Å²) in [4.78, 5) is 23.0. The van der Waals surface area contributed by atoms with Crippen LogP contribution in [0.1, 0.15) is 12.5 Å². The summed E-state index contributed by atoms with van der Waals surface area (Å²) in [6.45, 7) is 1.55. The van der Waals surface area contributed by atoms with E-state index in [1.807, 2.05) is 0 Å². The van der Waals surface area contributed by atoms with Crippen LogP contribution < -0.4 is 10.6 Å². The SMILES string of the molecule is CCOC(=O)CN/C=C(/C#N)C(=O)Nc1cccc(C(F)(F)F)c1. The lowest BCUT2D eigenvalue weighted by atomic mass is 10.2. The monoisotopic (exact) mass is 341 g/mol. The third kappa shape index (κ3) is 6.00.